The van der Waals surface area contributed by atoms with Crippen molar-refractivity contribution >= 4 is 62.2 Å². The summed E-state index contributed by atoms with van der Waals surface area (Å²) in [4.78, 5) is 12.4. The van der Waals surface area contributed by atoms with Crippen LogP contribution in [0, 0.1) is 0 Å². The molecule has 6 heteroatoms. The summed E-state index contributed by atoms with van der Waals surface area (Å²) in [5.41, 5.74) is 6.71. The molecule has 0 fully saturated rings. The van der Waals surface area contributed by atoms with E-state index in [1.807, 2.05) is 0 Å². The fourth-order valence-corrected chi connectivity index (χ4v) is 3.00. The standard InChI is InChI=1S/C13H7BrCl3NO/c14-6-1-2-8(11(18)3-6)13(19)12-9(16)4-7(15)5-10(12)17/h1-5H,18H2. The zero-order valence-corrected chi connectivity index (χ0v) is 13.2. The van der Waals surface area contributed by atoms with E-state index >= 15 is 0 Å². The molecule has 0 aromatic heterocycles. The lowest BCUT2D eigenvalue weighted by Crippen LogP contribution is -2.07. The van der Waals surface area contributed by atoms with Gasteiger partial charge in [-0.05, 0) is 30.3 Å². The molecule has 0 aliphatic rings. The van der Waals surface area contributed by atoms with Crippen molar-refractivity contribution in [1.29, 1.82) is 0 Å². The Balaban J connectivity index is 2.56. The first-order chi connectivity index (χ1) is 8.90. The van der Waals surface area contributed by atoms with Crippen molar-refractivity contribution < 1.29 is 4.79 Å². The normalized spacial score (nSPS) is 10.5. The van der Waals surface area contributed by atoms with Gasteiger partial charge < -0.3 is 5.73 Å². The summed E-state index contributed by atoms with van der Waals surface area (Å²) in [5.74, 6) is -0.336. The van der Waals surface area contributed by atoms with Gasteiger partial charge in [-0.2, -0.15) is 0 Å². The molecule has 0 atom stereocenters. The number of nitrogen functional groups attached to an aromatic ring is 1. The topological polar surface area (TPSA) is 43.1 Å². The van der Waals surface area contributed by atoms with Gasteiger partial charge in [0.25, 0.3) is 0 Å². The van der Waals surface area contributed by atoms with E-state index in [4.69, 9.17) is 40.5 Å². The van der Waals surface area contributed by atoms with Gasteiger partial charge in [0.1, 0.15) is 0 Å². The van der Waals surface area contributed by atoms with Crippen LogP contribution < -0.4 is 5.73 Å². The van der Waals surface area contributed by atoms with Crippen molar-refractivity contribution in [2.45, 2.75) is 0 Å². The number of rotatable bonds is 2. The SMILES string of the molecule is Nc1cc(Br)ccc1C(=O)c1c(Cl)cc(Cl)cc1Cl. The lowest BCUT2D eigenvalue weighted by Gasteiger charge is -2.09. The fourth-order valence-electron chi connectivity index (χ4n) is 1.63. The summed E-state index contributed by atoms with van der Waals surface area (Å²) < 4.78 is 0.787. The number of halogens is 4. The van der Waals surface area contributed by atoms with Crippen LogP contribution in [0.15, 0.2) is 34.8 Å². The number of nitrogens with two attached hydrogens (primary N) is 1. The predicted octanol–water partition coefficient (Wildman–Crippen LogP) is 5.22. The largest absolute Gasteiger partial charge is 0.398 e. The Morgan fingerprint density at radius 3 is 2.16 bits per heavy atom. The van der Waals surface area contributed by atoms with E-state index in [1.165, 1.54) is 12.1 Å². The number of hydrogen-bond acceptors (Lipinski definition) is 2. The maximum absolute atomic E-state index is 12.4. The smallest absolute Gasteiger partial charge is 0.198 e. The van der Waals surface area contributed by atoms with Crippen LogP contribution in [0.4, 0.5) is 5.69 Å². The van der Waals surface area contributed by atoms with E-state index in [-0.39, 0.29) is 21.4 Å². The predicted molar refractivity (Wildman–Crippen MR) is 83.5 cm³/mol. The molecule has 0 unspecified atom stereocenters. The van der Waals surface area contributed by atoms with Crippen molar-refractivity contribution in [3.8, 4) is 0 Å². The van der Waals surface area contributed by atoms with Crippen molar-refractivity contribution in [2.75, 3.05) is 5.73 Å². The first kappa shape index (κ1) is 14.7. The van der Waals surface area contributed by atoms with E-state index < -0.39 is 0 Å². The molecular formula is C13H7BrCl3NO. The van der Waals surface area contributed by atoms with Crippen LogP contribution in [-0.2, 0) is 0 Å². The van der Waals surface area contributed by atoms with E-state index in [1.54, 1.807) is 18.2 Å². The van der Waals surface area contributed by atoms with Crippen LogP contribution in [0.25, 0.3) is 0 Å². The highest BCUT2D eigenvalue weighted by Gasteiger charge is 2.19. The van der Waals surface area contributed by atoms with Gasteiger partial charge in [-0.15, -0.1) is 0 Å². The Morgan fingerprint density at radius 2 is 1.63 bits per heavy atom. The Morgan fingerprint density at radius 1 is 1.05 bits per heavy atom. The number of carbonyl (C=O) groups excluding carboxylic acids is 1. The number of anilines is 1. The summed E-state index contributed by atoms with van der Waals surface area (Å²) in [6.07, 6.45) is 0. The monoisotopic (exact) mass is 377 g/mol. The van der Waals surface area contributed by atoms with E-state index in [2.05, 4.69) is 15.9 Å². The molecule has 0 aliphatic carbocycles. The molecule has 2 aromatic carbocycles. The second-order valence-corrected chi connectivity index (χ2v) is 5.97. The van der Waals surface area contributed by atoms with Gasteiger partial charge >= 0.3 is 0 Å². The van der Waals surface area contributed by atoms with Crippen LogP contribution in [0.3, 0.4) is 0 Å². The second kappa shape index (κ2) is 5.71. The third kappa shape index (κ3) is 3.06. The molecule has 0 spiro atoms. The molecular weight excluding hydrogens is 372 g/mol. The molecule has 2 aromatic rings. The zero-order valence-electron chi connectivity index (χ0n) is 9.38. The average Bonchev–Trinajstić information content (AvgIpc) is 2.26. The molecule has 0 amide bonds. The number of ketones is 1. The Bertz CT molecular complexity index is 650. The van der Waals surface area contributed by atoms with Gasteiger partial charge in [0.2, 0.25) is 0 Å². The van der Waals surface area contributed by atoms with Gasteiger partial charge in [0.15, 0.2) is 5.78 Å². The summed E-state index contributed by atoms with van der Waals surface area (Å²) in [6, 6.07) is 7.92. The minimum atomic E-state index is -0.336. The molecule has 0 saturated heterocycles. The summed E-state index contributed by atoms with van der Waals surface area (Å²) in [6.45, 7) is 0. The lowest BCUT2D eigenvalue weighted by atomic mass is 10.0. The van der Waals surface area contributed by atoms with Gasteiger partial charge in [0, 0.05) is 20.7 Å². The molecule has 0 saturated carbocycles. The number of carbonyl (C=O) groups is 1. The van der Waals surface area contributed by atoms with Gasteiger partial charge in [-0.3, -0.25) is 4.79 Å². The van der Waals surface area contributed by atoms with Crippen LogP contribution in [0.2, 0.25) is 15.1 Å². The highest BCUT2D eigenvalue weighted by Crippen LogP contribution is 2.32. The van der Waals surface area contributed by atoms with Crippen molar-refractivity contribution in [3.63, 3.8) is 0 Å². The fraction of sp³-hybridized carbons (Fsp3) is 0. The first-order valence-electron chi connectivity index (χ1n) is 5.14. The van der Waals surface area contributed by atoms with Crippen molar-refractivity contribution in [3.05, 3.63) is 61.0 Å². The first-order valence-corrected chi connectivity index (χ1v) is 7.07. The van der Waals surface area contributed by atoms with Gasteiger partial charge in [-0.1, -0.05) is 50.7 Å². The van der Waals surface area contributed by atoms with E-state index in [9.17, 15) is 4.79 Å². The zero-order chi connectivity index (χ0) is 14.2. The van der Waals surface area contributed by atoms with Gasteiger partial charge in [0.05, 0.1) is 15.6 Å². The molecule has 2 N–H and O–H groups in total. The van der Waals surface area contributed by atoms with E-state index in [0.29, 0.717) is 16.3 Å². The molecule has 0 aliphatic heterocycles. The highest BCUT2D eigenvalue weighted by atomic mass is 79.9. The molecule has 19 heavy (non-hydrogen) atoms. The molecule has 0 heterocycles. The quantitative estimate of drug-likeness (QED) is 0.574. The minimum absolute atomic E-state index is 0.196. The highest BCUT2D eigenvalue weighted by molar-refractivity contribution is 9.10. The number of benzene rings is 2. The molecule has 2 rings (SSSR count). The minimum Gasteiger partial charge on any atom is -0.398 e. The summed E-state index contributed by atoms with van der Waals surface area (Å²) >= 11 is 21.1. The Hall–Kier alpha value is -0.740. The summed E-state index contributed by atoms with van der Waals surface area (Å²) in [7, 11) is 0. The van der Waals surface area contributed by atoms with Crippen LogP contribution in [0.1, 0.15) is 15.9 Å². The van der Waals surface area contributed by atoms with E-state index in [0.717, 1.165) is 4.47 Å². The summed E-state index contributed by atoms with van der Waals surface area (Å²) in [5, 5.41) is 0.768. The van der Waals surface area contributed by atoms with Gasteiger partial charge in [-0.25, -0.2) is 0 Å². The third-order valence-electron chi connectivity index (χ3n) is 2.49. The number of hydrogen-bond donors (Lipinski definition) is 1. The molecule has 0 bridgehead atoms. The van der Waals surface area contributed by atoms with Crippen molar-refractivity contribution in [1.82, 2.24) is 0 Å². The Kier molecular flexibility index (Phi) is 4.41. The van der Waals surface area contributed by atoms with Crippen LogP contribution in [0.5, 0.6) is 0 Å². The second-order valence-electron chi connectivity index (χ2n) is 3.81. The maximum atomic E-state index is 12.4. The molecule has 2 nitrogen and oxygen atoms in total. The third-order valence-corrected chi connectivity index (χ3v) is 3.80. The maximum Gasteiger partial charge on any atom is 0.198 e. The van der Waals surface area contributed by atoms with Crippen LogP contribution >= 0.6 is 50.7 Å². The van der Waals surface area contributed by atoms with Crippen molar-refractivity contribution in [2.24, 2.45) is 0 Å². The average molecular weight is 379 g/mol. The molecule has 0 radical (unpaired) electrons. The Labute approximate surface area is 133 Å². The lowest BCUT2D eigenvalue weighted by molar-refractivity contribution is 0.104. The van der Waals surface area contributed by atoms with Crippen LogP contribution in [-0.4, -0.2) is 5.78 Å². The molecule has 98 valence electrons.